The van der Waals surface area contributed by atoms with Gasteiger partial charge in [0.1, 0.15) is 10.6 Å². The van der Waals surface area contributed by atoms with Crippen LogP contribution in [0, 0.1) is 12.3 Å². The van der Waals surface area contributed by atoms with Gasteiger partial charge in [-0.25, -0.2) is 27.0 Å². The minimum atomic E-state index is -3.95. The fourth-order valence-corrected chi connectivity index (χ4v) is 7.58. The minimum Gasteiger partial charge on any atom is -0.478 e. The normalized spacial score (nSPS) is 21.7. The number of sulfonamides is 1. The average molecular weight is 631 g/mol. The average Bonchev–Trinajstić information content (AvgIpc) is 3.89. The van der Waals surface area contributed by atoms with Crippen LogP contribution in [0.25, 0.3) is 0 Å². The van der Waals surface area contributed by atoms with Crippen LogP contribution in [-0.4, -0.2) is 72.2 Å². The zero-order valence-electron chi connectivity index (χ0n) is 24.5. The smallest absolute Gasteiger partial charge is 0.328 e. The number of hydrogen-bond donors (Lipinski definition) is 3. The van der Waals surface area contributed by atoms with E-state index in [9.17, 15) is 26.8 Å². The fourth-order valence-electron chi connectivity index (χ4n) is 6.05. The lowest BCUT2D eigenvalue weighted by Gasteiger charge is -2.35. The number of nitrogens with one attached hydrogen (secondary N) is 2. The van der Waals surface area contributed by atoms with Crippen LogP contribution >= 0.6 is 0 Å². The number of benzene rings is 1. The number of carboxylic acid groups (broad SMARTS) is 1. The monoisotopic (exact) mass is 630 g/mol. The molecular formula is C30H36F2N6O5S. The van der Waals surface area contributed by atoms with Gasteiger partial charge < -0.3 is 20.2 Å². The Morgan fingerprint density at radius 2 is 1.59 bits per heavy atom. The maximum atomic E-state index is 13.7. The first kappa shape index (κ1) is 30.2. The number of anilines is 4. The first-order chi connectivity index (χ1) is 20.8. The van der Waals surface area contributed by atoms with Crippen molar-refractivity contribution in [1.82, 2.24) is 9.97 Å². The third-order valence-corrected chi connectivity index (χ3v) is 11.4. The number of aryl methyl sites for hydroxylation is 1. The number of amides is 1. The molecule has 2 saturated carbocycles. The van der Waals surface area contributed by atoms with Crippen LogP contribution < -0.4 is 19.8 Å². The molecule has 3 heterocycles. The van der Waals surface area contributed by atoms with E-state index < -0.39 is 32.6 Å². The molecule has 0 radical (unpaired) electrons. The molecule has 2 aliphatic heterocycles. The number of carbonyl (C=O) groups excluding carboxylic acids is 1. The molecule has 1 amide bonds. The van der Waals surface area contributed by atoms with E-state index >= 15 is 0 Å². The van der Waals surface area contributed by atoms with Crippen molar-refractivity contribution in [2.45, 2.75) is 69.0 Å². The molecule has 44 heavy (non-hydrogen) atoms. The van der Waals surface area contributed by atoms with Gasteiger partial charge in [-0.15, -0.1) is 0 Å². The Balaban J connectivity index is 1.25. The summed E-state index contributed by atoms with van der Waals surface area (Å²) in [6.07, 6.45) is 6.47. The second kappa shape index (κ2) is 11.0. The molecule has 0 bridgehead atoms. The number of nitrogens with zero attached hydrogens (tertiary/aromatic N) is 4. The highest BCUT2D eigenvalue weighted by molar-refractivity contribution is 7.94. The topological polar surface area (TPSA) is 145 Å². The summed E-state index contributed by atoms with van der Waals surface area (Å²) < 4.78 is 55.3. The van der Waals surface area contributed by atoms with Gasteiger partial charge in [0, 0.05) is 56.9 Å². The highest BCUT2D eigenvalue weighted by Crippen LogP contribution is 2.54. The third kappa shape index (κ3) is 6.35. The molecule has 1 spiro atoms. The summed E-state index contributed by atoms with van der Waals surface area (Å²) in [6.45, 7) is 3.39. The second-order valence-corrected chi connectivity index (χ2v) is 14.6. The molecule has 4 aliphatic rings. The van der Waals surface area contributed by atoms with E-state index in [4.69, 9.17) is 5.11 Å². The van der Waals surface area contributed by atoms with Crippen molar-refractivity contribution in [1.29, 1.82) is 0 Å². The quantitative estimate of drug-likeness (QED) is 0.340. The van der Waals surface area contributed by atoms with E-state index in [2.05, 4.69) is 24.9 Å². The summed E-state index contributed by atoms with van der Waals surface area (Å²) in [7, 11) is -3.95. The van der Waals surface area contributed by atoms with Gasteiger partial charge in [0.05, 0.1) is 16.9 Å². The van der Waals surface area contributed by atoms with Gasteiger partial charge in [0.2, 0.25) is 16.0 Å². The van der Waals surface area contributed by atoms with E-state index in [1.165, 1.54) is 25.0 Å². The standard InChI is InChI=1S/C30H36F2N6O5S/c1-20-18-24(35-27(33-20)38-16-12-30(31,32)13-17-38)34-26(41)22-3-2-21(19-23(22)37-14-10-28(6-7-28)11-15-37)36-44(42,43)29(8-9-29)5-4-25(39)40/h2-5,18-19,36H,6-17H2,1H3,(H,39,40)(H,33,34,35,41)/b5-4+. The van der Waals surface area contributed by atoms with Gasteiger partial charge in [-0.05, 0) is 69.1 Å². The van der Waals surface area contributed by atoms with Crippen LogP contribution in [0.3, 0.4) is 0 Å². The Labute approximate surface area is 254 Å². The molecule has 14 heteroatoms. The van der Waals surface area contributed by atoms with E-state index in [-0.39, 0.29) is 43.4 Å². The van der Waals surface area contributed by atoms with Gasteiger partial charge >= 0.3 is 5.97 Å². The molecule has 6 rings (SSSR count). The van der Waals surface area contributed by atoms with E-state index in [1.807, 2.05) is 0 Å². The van der Waals surface area contributed by atoms with Crippen LogP contribution in [0.15, 0.2) is 36.4 Å². The molecule has 2 aliphatic carbocycles. The molecule has 2 aromatic rings. The summed E-state index contributed by atoms with van der Waals surface area (Å²) >= 11 is 0. The Morgan fingerprint density at radius 1 is 0.932 bits per heavy atom. The largest absolute Gasteiger partial charge is 0.478 e. The highest BCUT2D eigenvalue weighted by atomic mass is 32.2. The van der Waals surface area contributed by atoms with Crippen molar-refractivity contribution in [2.24, 2.45) is 5.41 Å². The number of hydrogen-bond acceptors (Lipinski definition) is 8. The zero-order valence-corrected chi connectivity index (χ0v) is 25.3. The van der Waals surface area contributed by atoms with Crippen LogP contribution in [0.2, 0.25) is 0 Å². The number of aromatic nitrogens is 2. The highest BCUT2D eigenvalue weighted by Gasteiger charge is 2.53. The summed E-state index contributed by atoms with van der Waals surface area (Å²) in [5.74, 6) is -3.86. The van der Waals surface area contributed by atoms with Crippen LogP contribution in [0.1, 0.15) is 67.4 Å². The molecule has 0 unspecified atom stereocenters. The number of rotatable bonds is 9. The second-order valence-electron chi connectivity index (χ2n) is 12.6. The van der Waals surface area contributed by atoms with Crippen molar-refractivity contribution >= 4 is 45.0 Å². The van der Waals surface area contributed by atoms with Crippen LogP contribution in [-0.2, 0) is 14.8 Å². The van der Waals surface area contributed by atoms with Crippen molar-refractivity contribution in [3.8, 4) is 0 Å². The Hall–Kier alpha value is -3.81. The predicted molar refractivity (Wildman–Crippen MR) is 162 cm³/mol. The number of carbonyl (C=O) groups is 2. The number of aliphatic carboxylic acids is 1. The van der Waals surface area contributed by atoms with Crippen molar-refractivity contribution in [3.63, 3.8) is 0 Å². The molecule has 11 nitrogen and oxygen atoms in total. The fraction of sp³-hybridized carbons (Fsp3) is 0.533. The van der Waals surface area contributed by atoms with Gasteiger partial charge in [-0.1, -0.05) is 6.08 Å². The first-order valence-corrected chi connectivity index (χ1v) is 16.4. The summed E-state index contributed by atoms with van der Waals surface area (Å²) in [5, 5.41) is 11.8. The van der Waals surface area contributed by atoms with E-state index in [0.29, 0.717) is 35.2 Å². The van der Waals surface area contributed by atoms with Crippen molar-refractivity contribution in [2.75, 3.05) is 46.0 Å². The Morgan fingerprint density at radius 3 is 2.20 bits per heavy atom. The van der Waals surface area contributed by atoms with Crippen LogP contribution in [0.4, 0.5) is 31.9 Å². The Kier molecular flexibility index (Phi) is 7.53. The van der Waals surface area contributed by atoms with E-state index in [0.717, 1.165) is 32.0 Å². The van der Waals surface area contributed by atoms with Gasteiger partial charge in [0.15, 0.2) is 0 Å². The minimum absolute atomic E-state index is 0.106. The van der Waals surface area contributed by atoms with Crippen molar-refractivity contribution < 1.29 is 31.9 Å². The lowest BCUT2D eigenvalue weighted by molar-refractivity contribution is -0.131. The number of alkyl halides is 2. The SMILES string of the molecule is Cc1cc(NC(=O)c2ccc(NS(=O)(=O)C3(/C=C/C(=O)O)CC3)cc2N2CCC3(CC2)CC3)nc(N2CCC(F)(F)CC2)n1. The lowest BCUT2D eigenvalue weighted by Crippen LogP contribution is -2.40. The molecule has 3 N–H and O–H groups in total. The molecule has 236 valence electrons. The summed E-state index contributed by atoms with van der Waals surface area (Å²) in [4.78, 5) is 37.4. The first-order valence-electron chi connectivity index (χ1n) is 14.9. The number of carboxylic acids is 1. The zero-order chi connectivity index (χ0) is 31.3. The summed E-state index contributed by atoms with van der Waals surface area (Å²) in [5.41, 5.74) is 2.14. The van der Waals surface area contributed by atoms with E-state index in [1.54, 1.807) is 30.0 Å². The molecule has 4 fully saturated rings. The van der Waals surface area contributed by atoms with Crippen LogP contribution in [0.5, 0.6) is 0 Å². The molecule has 1 aromatic heterocycles. The Bertz CT molecular complexity index is 1600. The van der Waals surface area contributed by atoms with Crippen molar-refractivity contribution in [3.05, 3.63) is 47.7 Å². The maximum absolute atomic E-state index is 13.7. The molecule has 1 aromatic carbocycles. The van der Waals surface area contributed by atoms with Gasteiger partial charge in [-0.3, -0.25) is 9.52 Å². The number of piperidine rings is 2. The molecule has 0 atom stereocenters. The molecule has 2 saturated heterocycles. The lowest BCUT2D eigenvalue weighted by atomic mass is 9.93. The summed E-state index contributed by atoms with van der Waals surface area (Å²) in [6, 6.07) is 6.35. The molecular weight excluding hydrogens is 594 g/mol. The third-order valence-electron chi connectivity index (χ3n) is 9.29. The predicted octanol–water partition coefficient (Wildman–Crippen LogP) is 4.57. The van der Waals surface area contributed by atoms with Gasteiger partial charge in [-0.2, -0.15) is 4.98 Å². The van der Waals surface area contributed by atoms with Gasteiger partial charge in [0.25, 0.3) is 11.8 Å². The number of halogens is 2. The maximum Gasteiger partial charge on any atom is 0.328 e.